The van der Waals surface area contributed by atoms with Gasteiger partial charge in [-0.15, -0.1) is 0 Å². The maximum absolute atomic E-state index is 12.7. The summed E-state index contributed by atoms with van der Waals surface area (Å²) in [5.41, 5.74) is 3.37. The van der Waals surface area contributed by atoms with Crippen LogP contribution in [0.15, 0.2) is 16.7 Å². The first-order valence-corrected chi connectivity index (χ1v) is 9.32. The molecule has 1 amide bonds. The van der Waals surface area contributed by atoms with Crippen LogP contribution >= 0.6 is 11.8 Å². The van der Waals surface area contributed by atoms with E-state index in [4.69, 9.17) is 4.42 Å². The van der Waals surface area contributed by atoms with Crippen LogP contribution in [-0.2, 0) is 18.7 Å². The molecule has 0 saturated carbocycles. The minimum absolute atomic E-state index is 0.0234. The molecule has 0 aliphatic carbocycles. The Hall–Kier alpha value is -1.69. The third kappa shape index (κ3) is 3.63. The quantitative estimate of drug-likeness (QED) is 0.821. The van der Waals surface area contributed by atoms with Crippen molar-refractivity contribution < 1.29 is 9.21 Å². The van der Waals surface area contributed by atoms with Crippen molar-refractivity contribution in [1.29, 1.82) is 0 Å². The third-order valence-electron chi connectivity index (χ3n) is 4.22. The fraction of sp³-hybridized carbons (Fsp3) is 0.529. The Kier molecular flexibility index (Phi) is 5.10. The van der Waals surface area contributed by atoms with Gasteiger partial charge in [0.25, 0.3) is 5.91 Å². The molecule has 0 bridgehead atoms. The summed E-state index contributed by atoms with van der Waals surface area (Å²) in [6.45, 7) is 5.45. The monoisotopic (exact) mass is 333 g/mol. The summed E-state index contributed by atoms with van der Waals surface area (Å²) in [5.74, 6) is 3.36. The highest BCUT2D eigenvalue weighted by Crippen LogP contribution is 2.24. The van der Waals surface area contributed by atoms with E-state index in [1.807, 2.05) is 29.7 Å². The van der Waals surface area contributed by atoms with E-state index in [2.05, 4.69) is 17.1 Å². The number of fused-ring (bicyclic) bond motifs is 1. The summed E-state index contributed by atoms with van der Waals surface area (Å²) in [6, 6.07) is 1.92. The molecule has 3 rings (SSSR count). The molecule has 0 unspecified atom stereocenters. The molecule has 0 spiro atoms. The van der Waals surface area contributed by atoms with Crippen molar-refractivity contribution in [2.24, 2.45) is 0 Å². The van der Waals surface area contributed by atoms with E-state index in [1.54, 1.807) is 6.20 Å². The number of nitrogens with one attached hydrogen (secondary N) is 1. The molecular weight excluding hydrogens is 310 g/mol. The van der Waals surface area contributed by atoms with E-state index in [9.17, 15) is 4.79 Å². The molecule has 0 saturated heterocycles. The van der Waals surface area contributed by atoms with Crippen LogP contribution in [0.1, 0.15) is 52.9 Å². The van der Waals surface area contributed by atoms with Crippen molar-refractivity contribution in [1.82, 2.24) is 15.1 Å². The van der Waals surface area contributed by atoms with Crippen LogP contribution in [0.4, 0.5) is 0 Å². The fourth-order valence-corrected chi connectivity index (χ4v) is 3.89. The Balaban J connectivity index is 1.64. The molecule has 23 heavy (non-hydrogen) atoms. The number of unbranched alkanes of at least 4 members (excludes halogenated alkanes) is 1. The molecule has 0 aromatic carbocycles. The van der Waals surface area contributed by atoms with Gasteiger partial charge in [-0.05, 0) is 25.2 Å². The van der Waals surface area contributed by atoms with Crippen molar-refractivity contribution in [3.05, 3.63) is 40.6 Å². The highest BCUT2D eigenvalue weighted by Gasteiger charge is 2.25. The number of hydrogen-bond acceptors (Lipinski definition) is 4. The summed E-state index contributed by atoms with van der Waals surface area (Å²) in [6.07, 6.45) is 5.07. The molecule has 3 heterocycles. The SMILES string of the molecule is CCCCSCc1cc(C(=O)N2CCc3[nH]ncc3C2)oc1C. The maximum Gasteiger partial charge on any atom is 0.289 e. The molecule has 2 aromatic rings. The summed E-state index contributed by atoms with van der Waals surface area (Å²) < 4.78 is 5.73. The van der Waals surface area contributed by atoms with Crippen LogP contribution < -0.4 is 0 Å². The Morgan fingerprint density at radius 2 is 2.39 bits per heavy atom. The molecule has 0 atom stereocenters. The molecule has 6 heteroatoms. The zero-order valence-electron chi connectivity index (χ0n) is 13.7. The lowest BCUT2D eigenvalue weighted by Crippen LogP contribution is -2.35. The molecular formula is C17H23N3O2S. The Bertz CT molecular complexity index is 677. The second-order valence-corrected chi connectivity index (χ2v) is 7.05. The van der Waals surface area contributed by atoms with Gasteiger partial charge in [-0.1, -0.05) is 13.3 Å². The first-order valence-electron chi connectivity index (χ1n) is 8.16. The molecule has 124 valence electrons. The predicted molar refractivity (Wildman–Crippen MR) is 91.5 cm³/mol. The zero-order valence-corrected chi connectivity index (χ0v) is 14.5. The average molecular weight is 333 g/mol. The number of carbonyl (C=O) groups is 1. The number of thioether (sulfide) groups is 1. The number of aromatic amines is 1. The standard InChI is InChI=1S/C17H23N3O2S/c1-3-4-7-23-11-13-8-16(22-12(13)2)17(21)20-6-5-15-14(10-20)9-18-19-15/h8-9H,3-7,10-11H2,1-2H3,(H,18,19). The fourth-order valence-electron chi connectivity index (χ4n) is 2.75. The van der Waals surface area contributed by atoms with Gasteiger partial charge in [-0.25, -0.2) is 0 Å². The van der Waals surface area contributed by atoms with Crippen LogP contribution in [0.2, 0.25) is 0 Å². The second kappa shape index (κ2) is 7.25. The Morgan fingerprint density at radius 1 is 1.52 bits per heavy atom. The van der Waals surface area contributed by atoms with Crippen molar-refractivity contribution >= 4 is 17.7 Å². The Morgan fingerprint density at radius 3 is 3.22 bits per heavy atom. The summed E-state index contributed by atoms with van der Waals surface area (Å²) in [7, 11) is 0. The average Bonchev–Trinajstić information content (AvgIpc) is 3.17. The number of nitrogens with zero attached hydrogens (tertiary/aromatic N) is 2. The zero-order chi connectivity index (χ0) is 16.2. The first-order chi connectivity index (χ1) is 11.2. The smallest absolute Gasteiger partial charge is 0.289 e. The van der Waals surface area contributed by atoms with E-state index in [0.717, 1.165) is 40.5 Å². The molecule has 2 aromatic heterocycles. The number of rotatable bonds is 6. The van der Waals surface area contributed by atoms with Gasteiger partial charge < -0.3 is 9.32 Å². The van der Waals surface area contributed by atoms with Gasteiger partial charge in [0.2, 0.25) is 0 Å². The summed E-state index contributed by atoms with van der Waals surface area (Å²) in [4.78, 5) is 14.5. The van der Waals surface area contributed by atoms with Crippen LogP contribution in [0.5, 0.6) is 0 Å². The van der Waals surface area contributed by atoms with Crippen LogP contribution in [-0.4, -0.2) is 33.3 Å². The first kappa shape index (κ1) is 16.2. The van der Waals surface area contributed by atoms with E-state index in [-0.39, 0.29) is 5.91 Å². The van der Waals surface area contributed by atoms with E-state index in [1.165, 1.54) is 12.8 Å². The molecule has 0 fully saturated rings. The van der Waals surface area contributed by atoms with E-state index >= 15 is 0 Å². The van der Waals surface area contributed by atoms with Crippen LogP contribution in [0.3, 0.4) is 0 Å². The number of furan rings is 1. The number of H-pyrrole nitrogens is 1. The normalized spacial score (nSPS) is 14.1. The topological polar surface area (TPSA) is 62.1 Å². The van der Waals surface area contributed by atoms with Gasteiger partial charge in [0, 0.05) is 42.1 Å². The summed E-state index contributed by atoms with van der Waals surface area (Å²) >= 11 is 1.90. The minimum Gasteiger partial charge on any atom is -0.456 e. The largest absolute Gasteiger partial charge is 0.456 e. The van der Waals surface area contributed by atoms with Gasteiger partial charge in [0.1, 0.15) is 5.76 Å². The van der Waals surface area contributed by atoms with Crippen molar-refractivity contribution in [3.63, 3.8) is 0 Å². The third-order valence-corrected chi connectivity index (χ3v) is 5.31. The number of hydrogen-bond donors (Lipinski definition) is 1. The lowest BCUT2D eigenvalue weighted by Gasteiger charge is -2.25. The van der Waals surface area contributed by atoms with Gasteiger partial charge in [-0.3, -0.25) is 9.89 Å². The van der Waals surface area contributed by atoms with E-state index in [0.29, 0.717) is 18.8 Å². The minimum atomic E-state index is -0.0234. The van der Waals surface area contributed by atoms with Crippen LogP contribution in [0.25, 0.3) is 0 Å². The lowest BCUT2D eigenvalue weighted by molar-refractivity contribution is 0.0700. The lowest BCUT2D eigenvalue weighted by atomic mass is 10.1. The second-order valence-electron chi connectivity index (χ2n) is 5.95. The summed E-state index contributed by atoms with van der Waals surface area (Å²) in [5, 5.41) is 7.04. The number of aryl methyl sites for hydroxylation is 1. The molecule has 1 N–H and O–H groups in total. The van der Waals surface area contributed by atoms with Gasteiger partial charge >= 0.3 is 0 Å². The highest BCUT2D eigenvalue weighted by molar-refractivity contribution is 7.98. The maximum atomic E-state index is 12.7. The number of carbonyl (C=O) groups excluding carboxylic acids is 1. The van der Waals surface area contributed by atoms with Gasteiger partial charge in [0.05, 0.1) is 6.20 Å². The van der Waals surface area contributed by atoms with Gasteiger partial charge in [0.15, 0.2) is 5.76 Å². The van der Waals surface area contributed by atoms with Crippen molar-refractivity contribution in [3.8, 4) is 0 Å². The molecule has 1 aliphatic heterocycles. The van der Waals surface area contributed by atoms with Crippen LogP contribution in [0, 0.1) is 6.92 Å². The molecule has 1 aliphatic rings. The highest BCUT2D eigenvalue weighted by atomic mass is 32.2. The number of aromatic nitrogens is 2. The van der Waals surface area contributed by atoms with E-state index < -0.39 is 0 Å². The van der Waals surface area contributed by atoms with Crippen molar-refractivity contribution in [2.75, 3.05) is 12.3 Å². The van der Waals surface area contributed by atoms with Gasteiger partial charge in [-0.2, -0.15) is 16.9 Å². The molecule has 5 nitrogen and oxygen atoms in total. The predicted octanol–water partition coefficient (Wildman–Crippen LogP) is 3.54. The Labute approximate surface area is 140 Å². The number of amides is 1. The molecule has 0 radical (unpaired) electrons. The van der Waals surface area contributed by atoms with Crippen molar-refractivity contribution in [2.45, 2.75) is 45.4 Å².